The van der Waals surface area contributed by atoms with Crippen LogP contribution in [0.4, 0.5) is 19.0 Å². The van der Waals surface area contributed by atoms with Crippen LogP contribution in [0.5, 0.6) is 0 Å². The summed E-state index contributed by atoms with van der Waals surface area (Å²) in [4.78, 5) is 11.8. The number of rotatable bonds is 7. The van der Waals surface area contributed by atoms with Crippen LogP contribution in [0.2, 0.25) is 0 Å². The molecule has 212 valence electrons. The summed E-state index contributed by atoms with van der Waals surface area (Å²) in [5.74, 6) is 4.22. The van der Waals surface area contributed by atoms with Gasteiger partial charge in [-0.15, -0.1) is 17.8 Å². The zero-order chi connectivity index (χ0) is 28.7. The van der Waals surface area contributed by atoms with Crippen LogP contribution in [0.25, 0.3) is 21.1 Å². The van der Waals surface area contributed by atoms with Crippen LogP contribution in [-0.2, 0) is 19.5 Å². The summed E-state index contributed by atoms with van der Waals surface area (Å²) in [6.45, 7) is 7.08. The standard InChI is InChI=1S/C30H29F3N6OS/c1-4-23-12-21-11-20(5-6-27(21)39(23)16-26-18(2)37-40-19(26)3)15-38-9-7-22(8-10-38)36-28-25-13-24(14-30(31,32)33)41-29(25)35-17-34-28/h1,5-6,11-13,17,22H,7-10,14-16H2,2-3H3,(H,34,35,36). The molecule has 0 saturated carbocycles. The third-order valence-corrected chi connectivity index (χ3v) is 8.74. The van der Waals surface area contributed by atoms with Gasteiger partial charge in [0.1, 0.15) is 22.7 Å². The van der Waals surface area contributed by atoms with E-state index in [0.29, 0.717) is 22.6 Å². The molecule has 1 N–H and O–H groups in total. The fourth-order valence-corrected chi connectivity index (χ4v) is 6.61. The number of terminal acetylenes is 1. The predicted molar refractivity (Wildman–Crippen MR) is 154 cm³/mol. The Morgan fingerprint density at radius 2 is 1.93 bits per heavy atom. The molecule has 11 heteroatoms. The fraction of sp³-hybridized carbons (Fsp3) is 0.367. The molecule has 1 aliphatic heterocycles. The van der Waals surface area contributed by atoms with E-state index in [9.17, 15) is 13.2 Å². The highest BCUT2D eigenvalue weighted by Crippen LogP contribution is 2.33. The van der Waals surface area contributed by atoms with Crippen LogP contribution in [0.1, 0.15) is 46.0 Å². The number of hydrogen-bond acceptors (Lipinski definition) is 7. The van der Waals surface area contributed by atoms with E-state index >= 15 is 0 Å². The quantitative estimate of drug-likeness (QED) is 0.224. The molecule has 5 aromatic rings. The molecule has 1 aliphatic rings. The smallest absolute Gasteiger partial charge is 0.367 e. The van der Waals surface area contributed by atoms with E-state index < -0.39 is 12.6 Å². The topological polar surface area (TPSA) is 72.0 Å². The Balaban J connectivity index is 1.10. The van der Waals surface area contributed by atoms with Crippen LogP contribution in [0.15, 0.2) is 41.2 Å². The first-order valence-corrected chi connectivity index (χ1v) is 14.3. The number of halogens is 3. The fourth-order valence-electron chi connectivity index (χ4n) is 5.59. The molecule has 0 spiro atoms. The van der Waals surface area contributed by atoms with Gasteiger partial charge in [0.15, 0.2) is 0 Å². The molecule has 0 unspecified atom stereocenters. The summed E-state index contributed by atoms with van der Waals surface area (Å²) in [5, 5.41) is 9.29. The minimum Gasteiger partial charge on any atom is -0.367 e. The summed E-state index contributed by atoms with van der Waals surface area (Å²) in [7, 11) is 0. The Morgan fingerprint density at radius 1 is 1.12 bits per heavy atom. The maximum absolute atomic E-state index is 12.9. The molecule has 0 amide bonds. The van der Waals surface area contributed by atoms with E-state index in [1.54, 1.807) is 6.07 Å². The van der Waals surface area contributed by atoms with Gasteiger partial charge in [-0.05, 0) is 56.5 Å². The molecule has 1 saturated heterocycles. The van der Waals surface area contributed by atoms with Gasteiger partial charge in [-0.1, -0.05) is 17.1 Å². The van der Waals surface area contributed by atoms with E-state index in [4.69, 9.17) is 10.9 Å². The molecule has 1 aromatic carbocycles. The second kappa shape index (κ2) is 10.8. The molecule has 1 fully saturated rings. The van der Waals surface area contributed by atoms with Gasteiger partial charge in [0, 0.05) is 47.0 Å². The van der Waals surface area contributed by atoms with E-state index in [-0.39, 0.29) is 10.9 Å². The van der Waals surface area contributed by atoms with Gasteiger partial charge in [-0.25, -0.2) is 9.97 Å². The third kappa shape index (κ3) is 5.80. The molecule has 0 atom stereocenters. The lowest BCUT2D eigenvalue weighted by atomic mass is 10.0. The third-order valence-electron chi connectivity index (χ3n) is 7.70. The van der Waals surface area contributed by atoms with Crippen molar-refractivity contribution < 1.29 is 17.7 Å². The average molecular weight is 579 g/mol. The van der Waals surface area contributed by atoms with Crippen molar-refractivity contribution in [3.8, 4) is 12.3 Å². The number of benzene rings is 1. The van der Waals surface area contributed by atoms with Crippen LogP contribution in [0, 0.1) is 26.2 Å². The number of hydrogen-bond donors (Lipinski definition) is 1. The lowest BCUT2D eigenvalue weighted by molar-refractivity contribution is -0.126. The number of aryl methyl sites for hydroxylation is 2. The summed E-state index contributed by atoms with van der Waals surface area (Å²) < 4.78 is 46.1. The number of aromatic nitrogens is 4. The number of piperidine rings is 1. The maximum Gasteiger partial charge on any atom is 0.393 e. The van der Waals surface area contributed by atoms with Gasteiger partial charge in [0.05, 0.1) is 29.7 Å². The van der Waals surface area contributed by atoms with Crippen molar-refractivity contribution in [2.75, 3.05) is 18.4 Å². The number of nitrogens with one attached hydrogen (secondary N) is 1. The SMILES string of the molecule is C#Cc1cc2cc(CN3CCC(Nc4ncnc5sc(CC(F)(F)F)cc45)CC3)ccc2n1Cc1c(C)noc1C. The Morgan fingerprint density at radius 3 is 2.63 bits per heavy atom. The second-order valence-corrected chi connectivity index (χ2v) is 11.7. The van der Waals surface area contributed by atoms with Gasteiger partial charge in [-0.3, -0.25) is 4.90 Å². The molecule has 4 aromatic heterocycles. The highest BCUT2D eigenvalue weighted by Gasteiger charge is 2.29. The van der Waals surface area contributed by atoms with Crippen molar-refractivity contribution in [3.05, 3.63) is 69.8 Å². The Bertz CT molecular complexity index is 1730. The van der Waals surface area contributed by atoms with Gasteiger partial charge >= 0.3 is 6.18 Å². The Kier molecular flexibility index (Phi) is 7.21. The molecule has 7 nitrogen and oxygen atoms in total. The summed E-state index contributed by atoms with van der Waals surface area (Å²) >= 11 is 1.07. The number of likely N-dealkylation sites (tertiary alicyclic amines) is 1. The predicted octanol–water partition coefficient (Wildman–Crippen LogP) is 6.46. The molecule has 0 aliphatic carbocycles. The summed E-state index contributed by atoms with van der Waals surface area (Å²) in [6, 6.07) is 10.3. The second-order valence-electron chi connectivity index (χ2n) is 10.6. The Hall–Kier alpha value is -3.88. The summed E-state index contributed by atoms with van der Waals surface area (Å²) in [5.41, 5.74) is 5.03. The molecular formula is C30H29F3N6OS. The summed E-state index contributed by atoms with van der Waals surface area (Å²) in [6.07, 6.45) is 3.88. The molecule has 6 rings (SSSR count). The monoisotopic (exact) mass is 578 g/mol. The number of nitrogens with zero attached hydrogens (tertiary/aromatic N) is 5. The molecular weight excluding hydrogens is 549 g/mol. The number of alkyl halides is 3. The molecule has 5 heterocycles. The minimum absolute atomic E-state index is 0.189. The number of fused-ring (bicyclic) bond motifs is 2. The van der Waals surface area contributed by atoms with Gasteiger partial charge < -0.3 is 14.4 Å². The van der Waals surface area contributed by atoms with Gasteiger partial charge in [0.2, 0.25) is 0 Å². The van der Waals surface area contributed by atoms with Crippen molar-refractivity contribution in [3.63, 3.8) is 0 Å². The lowest BCUT2D eigenvalue weighted by Crippen LogP contribution is -2.38. The largest absolute Gasteiger partial charge is 0.393 e. The average Bonchev–Trinajstić information content (AvgIpc) is 3.60. The van der Waals surface area contributed by atoms with E-state index in [1.165, 1.54) is 11.9 Å². The lowest BCUT2D eigenvalue weighted by Gasteiger charge is -2.32. The highest BCUT2D eigenvalue weighted by atomic mass is 32.1. The molecule has 0 radical (unpaired) electrons. The van der Waals surface area contributed by atoms with Crippen molar-refractivity contribution in [2.45, 2.75) is 58.4 Å². The van der Waals surface area contributed by atoms with Crippen molar-refractivity contribution >= 4 is 38.3 Å². The normalized spacial score (nSPS) is 15.1. The Labute approximate surface area is 239 Å². The van der Waals surface area contributed by atoms with Crippen LogP contribution in [0.3, 0.4) is 0 Å². The first-order chi connectivity index (χ1) is 19.7. The first kappa shape index (κ1) is 27.3. The van der Waals surface area contributed by atoms with Crippen molar-refractivity contribution in [1.29, 1.82) is 0 Å². The highest BCUT2D eigenvalue weighted by molar-refractivity contribution is 7.18. The maximum atomic E-state index is 12.9. The van der Waals surface area contributed by atoms with Gasteiger partial charge in [0.25, 0.3) is 0 Å². The first-order valence-electron chi connectivity index (χ1n) is 13.5. The zero-order valence-electron chi connectivity index (χ0n) is 22.8. The van der Waals surface area contributed by atoms with E-state index in [0.717, 1.165) is 77.4 Å². The van der Waals surface area contributed by atoms with Crippen LogP contribution < -0.4 is 5.32 Å². The number of thiophene rings is 1. The van der Waals surface area contributed by atoms with Gasteiger partial charge in [-0.2, -0.15) is 13.2 Å². The molecule has 0 bridgehead atoms. The minimum atomic E-state index is -4.25. The van der Waals surface area contributed by atoms with Crippen molar-refractivity contribution in [2.24, 2.45) is 0 Å². The zero-order valence-corrected chi connectivity index (χ0v) is 23.6. The van der Waals surface area contributed by atoms with Crippen molar-refractivity contribution in [1.82, 2.24) is 24.6 Å². The van der Waals surface area contributed by atoms with E-state index in [1.807, 2.05) is 13.8 Å². The van der Waals surface area contributed by atoms with E-state index in [2.05, 4.69) is 60.1 Å². The van der Waals surface area contributed by atoms with Crippen LogP contribution in [-0.4, -0.2) is 49.9 Å². The molecule has 41 heavy (non-hydrogen) atoms. The van der Waals surface area contributed by atoms with Crippen LogP contribution >= 0.6 is 11.3 Å². The number of anilines is 1.